The lowest BCUT2D eigenvalue weighted by atomic mass is 9.81. The van der Waals surface area contributed by atoms with Crippen LogP contribution in [-0.2, 0) is 21.4 Å². The highest BCUT2D eigenvalue weighted by molar-refractivity contribution is 7.91. The lowest BCUT2D eigenvalue weighted by molar-refractivity contribution is -0.132. The summed E-state index contributed by atoms with van der Waals surface area (Å²) in [6.45, 7) is 0.121. The third-order valence-corrected chi connectivity index (χ3v) is 9.84. The van der Waals surface area contributed by atoms with Gasteiger partial charge in [0.25, 0.3) is 5.91 Å². The van der Waals surface area contributed by atoms with Gasteiger partial charge in [0, 0.05) is 22.0 Å². The number of aliphatic carboxylic acids is 1. The van der Waals surface area contributed by atoms with Crippen LogP contribution < -0.4 is 9.46 Å². The number of sulfonamides is 1. The Morgan fingerprint density at radius 2 is 1.79 bits per heavy atom. The van der Waals surface area contributed by atoms with E-state index in [0.29, 0.717) is 24.5 Å². The van der Waals surface area contributed by atoms with E-state index in [1.165, 1.54) is 12.0 Å². The maximum atomic E-state index is 13.0. The Morgan fingerprint density at radius 3 is 2.47 bits per heavy atom. The summed E-state index contributed by atoms with van der Waals surface area (Å²) in [5.74, 6) is -0.735. The number of carbonyl (C=O) groups is 2. The molecule has 0 spiro atoms. The van der Waals surface area contributed by atoms with Gasteiger partial charge in [-0.25, -0.2) is 17.9 Å². The fourth-order valence-electron chi connectivity index (χ4n) is 5.96. The number of amides is 1. The van der Waals surface area contributed by atoms with Crippen molar-refractivity contribution >= 4 is 38.9 Å². The molecule has 1 aliphatic heterocycles. The number of nitrogens with one attached hydrogen (secondary N) is 1. The average molecular weight is 535 g/mol. The van der Waals surface area contributed by atoms with Crippen LogP contribution in [0.2, 0.25) is 0 Å². The zero-order chi connectivity index (χ0) is 26.6. The topological polar surface area (TPSA) is 115 Å². The molecule has 198 valence electrons. The number of carboxylic acid groups (broad SMARTS) is 1. The summed E-state index contributed by atoms with van der Waals surface area (Å²) >= 11 is 0. The number of carboxylic acids is 1. The molecule has 2 fully saturated rings. The second-order valence-electron chi connectivity index (χ2n) is 10.5. The van der Waals surface area contributed by atoms with Crippen LogP contribution in [0.15, 0.2) is 42.0 Å². The molecule has 38 heavy (non-hydrogen) atoms. The standard InChI is InChI=1S/C29H30N2O6S/c1-37-21-8-12-23-19(14-21)13-20(29(33)34)16-31-25-15-18(28(32)30-38(35,36)22-9-10-22)7-11-24(25)26(27(23)31)17-5-3-2-4-6-17/h7-8,11-15,17,22H,2-6,9-10,16H2,1H3,(H,30,32)(H,33,34). The first-order chi connectivity index (χ1) is 18.3. The molecule has 2 heterocycles. The van der Waals surface area contributed by atoms with Gasteiger partial charge >= 0.3 is 5.97 Å². The fraction of sp³-hybridized carbons (Fsp3) is 0.379. The Bertz CT molecular complexity index is 1610. The summed E-state index contributed by atoms with van der Waals surface area (Å²) in [6.07, 6.45) is 8.36. The fourth-order valence-corrected chi connectivity index (χ4v) is 7.26. The number of rotatable bonds is 6. The lowest BCUT2D eigenvalue weighted by Gasteiger charge is -2.24. The number of nitrogens with zero attached hydrogens (tertiary/aromatic N) is 1. The zero-order valence-corrected chi connectivity index (χ0v) is 22.0. The van der Waals surface area contributed by atoms with E-state index in [4.69, 9.17) is 4.74 Å². The quantitative estimate of drug-likeness (QED) is 0.456. The van der Waals surface area contributed by atoms with Crippen molar-refractivity contribution in [2.24, 2.45) is 0 Å². The number of aromatic nitrogens is 1. The van der Waals surface area contributed by atoms with Crippen molar-refractivity contribution in [3.8, 4) is 17.0 Å². The molecule has 2 aromatic carbocycles. The molecular weight excluding hydrogens is 504 g/mol. The van der Waals surface area contributed by atoms with E-state index in [1.807, 2.05) is 28.8 Å². The molecule has 3 aliphatic rings. The molecule has 1 aromatic heterocycles. The second kappa shape index (κ2) is 9.31. The molecule has 0 atom stereocenters. The van der Waals surface area contributed by atoms with Crippen molar-refractivity contribution < 1.29 is 27.9 Å². The highest BCUT2D eigenvalue weighted by Gasteiger charge is 2.37. The maximum absolute atomic E-state index is 13.0. The van der Waals surface area contributed by atoms with Crippen LogP contribution in [0, 0.1) is 0 Å². The summed E-state index contributed by atoms with van der Waals surface area (Å²) in [4.78, 5) is 25.3. The van der Waals surface area contributed by atoms with Crippen molar-refractivity contribution in [3.63, 3.8) is 0 Å². The predicted molar refractivity (Wildman–Crippen MR) is 145 cm³/mol. The van der Waals surface area contributed by atoms with Gasteiger partial charge in [0.2, 0.25) is 10.0 Å². The molecule has 2 aliphatic carbocycles. The molecule has 0 radical (unpaired) electrons. The van der Waals surface area contributed by atoms with Gasteiger partial charge in [-0.15, -0.1) is 0 Å². The molecule has 0 unspecified atom stereocenters. The molecule has 0 saturated heterocycles. The molecule has 1 amide bonds. The van der Waals surface area contributed by atoms with E-state index >= 15 is 0 Å². The SMILES string of the molecule is COc1ccc2c(c1)C=C(C(=O)O)Cn1c-2c(C2CCCCC2)c2ccc(C(=O)NS(=O)(=O)C3CC3)cc21. The third kappa shape index (κ3) is 4.28. The first-order valence-electron chi connectivity index (χ1n) is 13.1. The highest BCUT2D eigenvalue weighted by atomic mass is 32.2. The summed E-state index contributed by atoms with van der Waals surface area (Å²) in [5, 5.41) is 10.5. The van der Waals surface area contributed by atoms with Gasteiger partial charge in [0.1, 0.15) is 5.75 Å². The number of carbonyl (C=O) groups excluding carboxylic acids is 1. The minimum atomic E-state index is -3.69. The Balaban J connectivity index is 1.57. The monoisotopic (exact) mass is 534 g/mol. The number of fused-ring (bicyclic) bond motifs is 5. The van der Waals surface area contributed by atoms with Gasteiger partial charge in [-0.1, -0.05) is 25.3 Å². The Morgan fingerprint density at radius 1 is 1.03 bits per heavy atom. The molecule has 2 saturated carbocycles. The summed E-state index contributed by atoms with van der Waals surface area (Å²) in [6, 6.07) is 11.0. The Kier molecular flexibility index (Phi) is 6.06. The maximum Gasteiger partial charge on any atom is 0.333 e. The predicted octanol–water partition coefficient (Wildman–Crippen LogP) is 5.07. The van der Waals surface area contributed by atoms with Crippen LogP contribution in [0.1, 0.15) is 72.3 Å². The van der Waals surface area contributed by atoms with Gasteiger partial charge in [0.05, 0.1) is 30.2 Å². The number of hydrogen-bond donors (Lipinski definition) is 2. The zero-order valence-electron chi connectivity index (χ0n) is 21.2. The van der Waals surface area contributed by atoms with Crippen molar-refractivity contribution in [2.75, 3.05) is 7.11 Å². The second-order valence-corrected chi connectivity index (χ2v) is 12.5. The number of hydrogen-bond acceptors (Lipinski definition) is 5. The van der Waals surface area contributed by atoms with Crippen LogP contribution in [0.25, 0.3) is 28.2 Å². The molecule has 8 nitrogen and oxygen atoms in total. The average Bonchev–Trinajstić information content (AvgIpc) is 3.74. The minimum absolute atomic E-state index is 0.121. The first-order valence-corrected chi connectivity index (χ1v) is 14.7. The molecule has 6 rings (SSSR count). The van der Waals surface area contributed by atoms with E-state index in [2.05, 4.69) is 4.72 Å². The van der Waals surface area contributed by atoms with Crippen LogP contribution in [0.3, 0.4) is 0 Å². The van der Waals surface area contributed by atoms with Gasteiger partial charge in [-0.05, 0) is 79.1 Å². The summed E-state index contributed by atoms with van der Waals surface area (Å²) in [5.41, 5.74) is 5.00. The third-order valence-electron chi connectivity index (χ3n) is 8.02. The van der Waals surface area contributed by atoms with Crippen LogP contribution in [0.4, 0.5) is 0 Å². The smallest absolute Gasteiger partial charge is 0.333 e. The molecule has 3 aromatic rings. The minimum Gasteiger partial charge on any atom is -0.497 e. The van der Waals surface area contributed by atoms with Crippen molar-refractivity contribution in [1.29, 1.82) is 0 Å². The highest BCUT2D eigenvalue weighted by Crippen LogP contribution is 2.47. The van der Waals surface area contributed by atoms with E-state index < -0.39 is 27.1 Å². The molecular formula is C29H30N2O6S. The van der Waals surface area contributed by atoms with Crippen molar-refractivity contribution in [1.82, 2.24) is 9.29 Å². The first kappa shape index (κ1) is 24.7. The van der Waals surface area contributed by atoms with E-state index in [0.717, 1.165) is 53.4 Å². The number of ether oxygens (including phenoxy) is 1. The number of benzene rings is 2. The van der Waals surface area contributed by atoms with E-state index in [9.17, 15) is 23.1 Å². The molecule has 0 bridgehead atoms. The van der Waals surface area contributed by atoms with Gasteiger partial charge < -0.3 is 14.4 Å². The van der Waals surface area contributed by atoms with Crippen LogP contribution >= 0.6 is 0 Å². The van der Waals surface area contributed by atoms with Crippen molar-refractivity contribution in [3.05, 3.63) is 58.7 Å². The van der Waals surface area contributed by atoms with Crippen LogP contribution in [-0.4, -0.2) is 42.3 Å². The van der Waals surface area contributed by atoms with Crippen molar-refractivity contribution in [2.45, 2.75) is 62.7 Å². The molecule has 2 N–H and O–H groups in total. The van der Waals surface area contributed by atoms with Gasteiger partial charge in [-0.2, -0.15) is 0 Å². The van der Waals surface area contributed by atoms with E-state index in [-0.39, 0.29) is 17.7 Å². The summed E-state index contributed by atoms with van der Waals surface area (Å²) < 4.78 is 34.5. The lowest BCUT2D eigenvalue weighted by Crippen LogP contribution is -2.33. The number of methoxy groups -OCH3 is 1. The van der Waals surface area contributed by atoms with Gasteiger partial charge in [0.15, 0.2) is 0 Å². The largest absolute Gasteiger partial charge is 0.497 e. The Labute approximate surface area is 221 Å². The normalized spacial score (nSPS) is 17.8. The van der Waals surface area contributed by atoms with E-state index in [1.54, 1.807) is 25.3 Å². The summed E-state index contributed by atoms with van der Waals surface area (Å²) in [7, 11) is -2.11. The van der Waals surface area contributed by atoms with Gasteiger partial charge in [-0.3, -0.25) is 4.79 Å². The van der Waals surface area contributed by atoms with Crippen LogP contribution in [0.5, 0.6) is 5.75 Å². The Hall–Kier alpha value is -3.59. The molecule has 9 heteroatoms.